The van der Waals surface area contributed by atoms with Gasteiger partial charge >= 0.3 is 12.2 Å². The third-order valence-corrected chi connectivity index (χ3v) is 6.62. The molecule has 0 fully saturated rings. The Kier molecular flexibility index (Phi) is 6.08. The third kappa shape index (κ3) is 4.37. The summed E-state index contributed by atoms with van der Waals surface area (Å²) in [7, 11) is 0. The van der Waals surface area contributed by atoms with Gasteiger partial charge in [-0.2, -0.15) is 13.2 Å². The van der Waals surface area contributed by atoms with E-state index in [0.29, 0.717) is 5.92 Å². The molecule has 5 rings (SSSR count). The van der Waals surface area contributed by atoms with E-state index in [1.165, 1.54) is 23.8 Å². The van der Waals surface area contributed by atoms with Crippen LogP contribution in [-0.4, -0.2) is 15.5 Å². The van der Waals surface area contributed by atoms with Crippen LogP contribution in [0.15, 0.2) is 91.1 Å². The summed E-state index contributed by atoms with van der Waals surface area (Å²) in [4.78, 5) is 15.3. The van der Waals surface area contributed by atoms with Gasteiger partial charge in [-0.3, -0.25) is 0 Å². The van der Waals surface area contributed by atoms with E-state index in [1.807, 2.05) is 71.4 Å². The number of amides is 2. The average Bonchev–Trinajstić information content (AvgIpc) is 3.28. The number of alkyl halides is 3. The summed E-state index contributed by atoms with van der Waals surface area (Å²) >= 11 is 0. The van der Waals surface area contributed by atoms with Crippen LogP contribution in [0.2, 0.25) is 0 Å². The topological polar surface area (TPSA) is 37.3 Å². The molecule has 0 bridgehead atoms. The fourth-order valence-electron chi connectivity index (χ4n) is 4.78. The number of hydrogen-bond acceptors (Lipinski definition) is 1. The Morgan fingerprint density at radius 1 is 0.917 bits per heavy atom. The molecule has 0 spiro atoms. The van der Waals surface area contributed by atoms with Crippen LogP contribution in [0.25, 0.3) is 5.69 Å². The van der Waals surface area contributed by atoms with Crippen molar-refractivity contribution in [3.63, 3.8) is 0 Å². The van der Waals surface area contributed by atoms with Gasteiger partial charge in [-0.25, -0.2) is 4.79 Å². The van der Waals surface area contributed by atoms with Gasteiger partial charge in [0.15, 0.2) is 0 Å². The number of para-hydroxylation sites is 2. The van der Waals surface area contributed by atoms with E-state index in [4.69, 9.17) is 0 Å². The van der Waals surface area contributed by atoms with Crippen molar-refractivity contribution in [1.29, 1.82) is 0 Å². The molecule has 1 aliphatic rings. The second-order valence-electron chi connectivity index (χ2n) is 9.26. The molecule has 7 heteroatoms. The molecule has 4 nitrogen and oxygen atoms in total. The minimum absolute atomic E-state index is 0.231. The number of carbonyl (C=O) groups excluding carboxylic acids is 1. The second-order valence-corrected chi connectivity index (χ2v) is 9.26. The van der Waals surface area contributed by atoms with Crippen molar-refractivity contribution in [1.82, 2.24) is 9.47 Å². The molecule has 0 unspecified atom stereocenters. The molecule has 2 heterocycles. The van der Waals surface area contributed by atoms with Gasteiger partial charge in [0.1, 0.15) is 0 Å². The van der Waals surface area contributed by atoms with E-state index in [1.54, 1.807) is 4.90 Å². The van der Waals surface area contributed by atoms with Crippen LogP contribution in [-0.2, 0) is 12.7 Å². The Balaban J connectivity index is 1.62. The first-order chi connectivity index (χ1) is 17.2. The van der Waals surface area contributed by atoms with Gasteiger partial charge in [-0.15, -0.1) is 0 Å². The van der Waals surface area contributed by atoms with Crippen molar-refractivity contribution in [3.05, 3.63) is 119 Å². The van der Waals surface area contributed by atoms with E-state index in [0.717, 1.165) is 28.6 Å². The van der Waals surface area contributed by atoms with Crippen molar-refractivity contribution in [2.75, 3.05) is 5.32 Å². The highest BCUT2D eigenvalue weighted by Gasteiger charge is 2.36. The van der Waals surface area contributed by atoms with E-state index in [-0.39, 0.29) is 12.2 Å². The number of anilines is 1. The Morgan fingerprint density at radius 2 is 1.61 bits per heavy atom. The molecule has 1 aromatic heterocycles. The number of rotatable bonds is 3. The number of halogens is 3. The van der Waals surface area contributed by atoms with E-state index < -0.39 is 23.8 Å². The summed E-state index contributed by atoms with van der Waals surface area (Å²) in [6.45, 7) is 4.45. The number of aromatic nitrogens is 1. The zero-order chi connectivity index (χ0) is 25.4. The van der Waals surface area contributed by atoms with Crippen LogP contribution in [0.3, 0.4) is 0 Å². The Hall–Kier alpha value is -4.00. The molecule has 0 saturated heterocycles. The molecule has 1 atom stereocenters. The fraction of sp³-hybridized carbons (Fsp3) is 0.207. The van der Waals surface area contributed by atoms with Crippen molar-refractivity contribution in [2.45, 2.75) is 38.5 Å². The molecule has 4 aromatic rings. The molecule has 2 amide bonds. The highest BCUT2D eigenvalue weighted by atomic mass is 19.4. The van der Waals surface area contributed by atoms with Crippen molar-refractivity contribution >= 4 is 11.7 Å². The lowest BCUT2D eigenvalue weighted by Crippen LogP contribution is -2.38. The number of hydrogen-bond donors (Lipinski definition) is 1. The standard InChI is InChI=1S/C29H26F3N3O/c1-19(2)20-13-15-21(16-14-20)27-26-12-7-17-34(26)25-11-6-3-8-22(25)18-35(27)28(36)33-24-10-5-4-9-23(24)29(30,31)32/h3-17,19,27H,18H2,1-2H3,(H,33,36)/t27-/m0/s1. The fourth-order valence-corrected chi connectivity index (χ4v) is 4.78. The van der Waals surface area contributed by atoms with Crippen molar-refractivity contribution in [3.8, 4) is 5.69 Å². The molecule has 0 aliphatic carbocycles. The van der Waals surface area contributed by atoms with Crippen molar-refractivity contribution < 1.29 is 18.0 Å². The molecule has 0 saturated carbocycles. The second kappa shape index (κ2) is 9.22. The Labute approximate surface area is 208 Å². The first-order valence-electron chi connectivity index (χ1n) is 11.8. The number of fused-ring (bicyclic) bond motifs is 3. The number of nitrogens with one attached hydrogen (secondary N) is 1. The summed E-state index contributed by atoms with van der Waals surface area (Å²) in [6.07, 6.45) is -2.64. The maximum Gasteiger partial charge on any atom is 0.418 e. The van der Waals surface area contributed by atoms with Crippen LogP contribution in [0.4, 0.5) is 23.7 Å². The smallest absolute Gasteiger partial charge is 0.318 e. The monoisotopic (exact) mass is 489 g/mol. The highest BCUT2D eigenvalue weighted by Crippen LogP contribution is 2.39. The largest absolute Gasteiger partial charge is 0.418 e. The summed E-state index contributed by atoms with van der Waals surface area (Å²) in [6, 6.07) is 23.6. The number of carbonyl (C=O) groups is 1. The maximum absolute atomic E-state index is 13.7. The Bertz CT molecular complexity index is 1390. The van der Waals surface area contributed by atoms with E-state index >= 15 is 0 Å². The van der Waals surface area contributed by atoms with Gasteiger partial charge in [-0.05, 0) is 52.9 Å². The number of benzene rings is 3. The summed E-state index contributed by atoms with van der Waals surface area (Å²) in [5.74, 6) is 0.347. The zero-order valence-electron chi connectivity index (χ0n) is 20.0. The quantitative estimate of drug-likeness (QED) is 0.314. The Morgan fingerprint density at radius 3 is 2.33 bits per heavy atom. The number of urea groups is 1. The average molecular weight is 490 g/mol. The van der Waals surface area contributed by atoms with Crippen LogP contribution >= 0.6 is 0 Å². The minimum atomic E-state index is -4.59. The van der Waals surface area contributed by atoms with Crippen molar-refractivity contribution in [2.24, 2.45) is 0 Å². The van der Waals surface area contributed by atoms with Crippen LogP contribution in [0.1, 0.15) is 53.8 Å². The lowest BCUT2D eigenvalue weighted by atomic mass is 9.97. The molecule has 36 heavy (non-hydrogen) atoms. The lowest BCUT2D eigenvalue weighted by molar-refractivity contribution is -0.136. The molecule has 184 valence electrons. The normalized spacial score (nSPS) is 15.3. The van der Waals surface area contributed by atoms with E-state index in [9.17, 15) is 18.0 Å². The number of nitrogens with zero attached hydrogens (tertiary/aromatic N) is 2. The molecule has 3 aromatic carbocycles. The molecule has 1 aliphatic heterocycles. The summed E-state index contributed by atoms with van der Waals surface area (Å²) in [5.41, 5.74) is 3.60. The summed E-state index contributed by atoms with van der Waals surface area (Å²) in [5, 5.41) is 2.56. The third-order valence-electron chi connectivity index (χ3n) is 6.62. The molecular weight excluding hydrogens is 463 g/mol. The summed E-state index contributed by atoms with van der Waals surface area (Å²) < 4.78 is 43.0. The van der Waals surface area contributed by atoms with Crippen LogP contribution < -0.4 is 5.32 Å². The van der Waals surface area contributed by atoms with Gasteiger partial charge in [0.25, 0.3) is 0 Å². The predicted octanol–water partition coefficient (Wildman–Crippen LogP) is 7.76. The van der Waals surface area contributed by atoms with E-state index in [2.05, 4.69) is 19.2 Å². The SMILES string of the molecule is CC(C)c1ccc([C@H]2c3cccn3-c3ccccc3CN2C(=O)Nc2ccccc2C(F)(F)F)cc1. The van der Waals surface area contributed by atoms with Gasteiger partial charge < -0.3 is 14.8 Å². The lowest BCUT2D eigenvalue weighted by Gasteiger charge is -2.31. The van der Waals surface area contributed by atoms with Crippen LogP contribution in [0.5, 0.6) is 0 Å². The first kappa shape index (κ1) is 23.7. The van der Waals surface area contributed by atoms with Crippen LogP contribution in [0, 0.1) is 0 Å². The maximum atomic E-state index is 13.7. The van der Waals surface area contributed by atoms with Gasteiger partial charge in [0, 0.05) is 11.9 Å². The van der Waals surface area contributed by atoms with Gasteiger partial charge in [-0.1, -0.05) is 68.4 Å². The van der Waals surface area contributed by atoms with Gasteiger partial charge in [0.2, 0.25) is 0 Å². The zero-order valence-corrected chi connectivity index (χ0v) is 20.0. The first-order valence-corrected chi connectivity index (χ1v) is 11.8. The predicted molar refractivity (Wildman–Crippen MR) is 134 cm³/mol. The minimum Gasteiger partial charge on any atom is -0.318 e. The van der Waals surface area contributed by atoms with Gasteiger partial charge in [0.05, 0.1) is 29.5 Å². The molecule has 1 N–H and O–H groups in total. The molecule has 0 radical (unpaired) electrons. The highest BCUT2D eigenvalue weighted by molar-refractivity contribution is 5.91. The molecular formula is C29H26F3N3O.